The fraction of sp³-hybridized carbons (Fsp3) is 0.182. The molecule has 1 aromatic rings. The first-order chi connectivity index (χ1) is 8.69. The molecule has 0 unspecified atom stereocenters. The molecule has 1 rings (SSSR count). The van der Waals surface area contributed by atoms with Gasteiger partial charge in [0.1, 0.15) is 0 Å². The number of nitrogens with zero attached hydrogens (tertiary/aromatic N) is 1. The Balaban J connectivity index is 3.03. The van der Waals surface area contributed by atoms with Gasteiger partial charge in [0.25, 0.3) is 0 Å². The molecule has 1 N–H and O–H groups in total. The van der Waals surface area contributed by atoms with Crippen LogP contribution in [0.3, 0.4) is 0 Å². The van der Waals surface area contributed by atoms with E-state index in [9.17, 15) is 13.9 Å². The molecule has 0 amide bonds. The van der Waals surface area contributed by atoms with Gasteiger partial charge in [-0.1, -0.05) is 0 Å². The third-order valence-electron chi connectivity index (χ3n) is 2.17. The number of benzene rings is 1. The van der Waals surface area contributed by atoms with Crippen LogP contribution in [0.5, 0.6) is 0 Å². The summed E-state index contributed by atoms with van der Waals surface area (Å²) in [6.45, 7) is 0. The van der Waals surface area contributed by atoms with Crippen LogP contribution < -0.4 is 0 Å². The van der Waals surface area contributed by atoms with Crippen LogP contribution in [0.2, 0.25) is 0 Å². The Bertz CT molecular complexity index is 592. The number of carbonyl (C=O) groups is 1. The number of rotatable bonds is 4. The van der Waals surface area contributed by atoms with Crippen molar-refractivity contribution < 1.29 is 19.0 Å². The van der Waals surface area contributed by atoms with Crippen molar-refractivity contribution >= 4 is 21.8 Å². The summed E-state index contributed by atoms with van der Waals surface area (Å²) in [6, 6.07) is 7.90. The number of carboxylic acids is 1. The predicted molar refractivity (Wildman–Crippen MR) is 66.4 cm³/mol. The molecule has 0 radical (unpaired) electrons. The van der Waals surface area contributed by atoms with Crippen LogP contribution >= 0.6 is 15.8 Å². The molecule has 0 bridgehead atoms. The zero-order valence-electron chi connectivity index (χ0n) is 9.18. The van der Waals surface area contributed by atoms with Gasteiger partial charge in [-0.2, -0.15) is 0 Å². The molecule has 7 heteroatoms. The van der Waals surface area contributed by atoms with Crippen LogP contribution in [0.1, 0.15) is 5.56 Å². The molecule has 0 heterocycles. The van der Waals surface area contributed by atoms with Gasteiger partial charge in [0.15, 0.2) is 0 Å². The Morgan fingerprint density at radius 3 is 2.22 bits per heavy atom. The third-order valence-corrected chi connectivity index (χ3v) is 2.76. The normalized spacial score (nSPS) is 11.2. The van der Waals surface area contributed by atoms with Crippen LogP contribution in [0.4, 0.5) is 0 Å². The zero-order valence-corrected chi connectivity index (χ0v) is 11.0. The molecule has 1 aromatic carbocycles. The van der Waals surface area contributed by atoms with Gasteiger partial charge in [-0.25, -0.2) is 0 Å². The molecule has 0 saturated heterocycles. The minimum absolute atomic E-state index is 0.168. The van der Waals surface area contributed by atoms with E-state index in [2.05, 4.69) is 11.5 Å². The fourth-order valence-electron chi connectivity index (χ4n) is 1.38. The quantitative estimate of drug-likeness (QED) is 0.677. The standard InChI is InChI=1S/C11H9NO4P2/c13-11(14)10(12(7-17-15)8-18-16)6-9-4-2-1-3-5-9/h1-5,10H,6H2,(H,13,14)/t10-/m0/s1. The average Bonchev–Trinajstić information content (AvgIpc) is 2.37. The van der Waals surface area contributed by atoms with Crippen molar-refractivity contribution in [3.8, 4) is 11.5 Å². The van der Waals surface area contributed by atoms with E-state index in [-0.39, 0.29) is 6.42 Å². The van der Waals surface area contributed by atoms with Crippen molar-refractivity contribution in [3.05, 3.63) is 35.9 Å². The van der Waals surface area contributed by atoms with E-state index in [1.165, 1.54) is 0 Å². The van der Waals surface area contributed by atoms with E-state index in [1.54, 1.807) is 24.3 Å². The molecule has 0 aromatic heterocycles. The topological polar surface area (TPSA) is 74.7 Å². The summed E-state index contributed by atoms with van der Waals surface area (Å²) in [6.07, 6.45) is 0.168. The summed E-state index contributed by atoms with van der Waals surface area (Å²) < 4.78 is 21.0. The first-order valence-electron chi connectivity index (χ1n) is 4.91. The van der Waals surface area contributed by atoms with Gasteiger partial charge in [-0.05, 0) is 0 Å². The van der Waals surface area contributed by atoms with E-state index in [0.717, 1.165) is 10.5 Å². The summed E-state index contributed by atoms with van der Waals surface area (Å²) in [5.41, 5.74) is 0.795. The second-order valence-corrected chi connectivity index (χ2v) is 4.06. The van der Waals surface area contributed by atoms with Gasteiger partial charge in [-0.15, -0.1) is 0 Å². The summed E-state index contributed by atoms with van der Waals surface area (Å²) >= 11 is 0. The van der Waals surface area contributed by atoms with Crippen molar-refractivity contribution in [2.24, 2.45) is 0 Å². The maximum absolute atomic E-state index is 11.2. The number of hydrogen-bond acceptors (Lipinski definition) is 4. The van der Waals surface area contributed by atoms with Crippen molar-refractivity contribution in [3.63, 3.8) is 0 Å². The van der Waals surface area contributed by atoms with E-state index < -0.39 is 27.8 Å². The predicted octanol–water partition coefficient (Wildman–Crippen LogP) is 2.40. The second kappa shape index (κ2) is 7.89. The molecule has 0 spiro atoms. The van der Waals surface area contributed by atoms with Crippen molar-refractivity contribution in [1.29, 1.82) is 0 Å². The number of aliphatic carboxylic acids is 1. The Hall–Kier alpha value is -1.33. The molecule has 1 atom stereocenters. The summed E-state index contributed by atoms with van der Waals surface area (Å²) in [4.78, 5) is 12.1. The number of carboxylic acid groups (broad SMARTS) is 1. The van der Waals surface area contributed by atoms with Gasteiger partial charge >= 0.3 is 106 Å². The van der Waals surface area contributed by atoms with Crippen LogP contribution in [0.25, 0.3) is 0 Å². The second-order valence-electron chi connectivity index (χ2n) is 3.30. The fourth-order valence-corrected chi connectivity index (χ4v) is 2.01. The molecule has 0 saturated carbocycles. The molecule has 0 fully saturated rings. The van der Waals surface area contributed by atoms with Gasteiger partial charge in [0.05, 0.1) is 0 Å². The van der Waals surface area contributed by atoms with Crippen LogP contribution in [-0.2, 0) is 20.3 Å². The van der Waals surface area contributed by atoms with Crippen molar-refractivity contribution in [2.45, 2.75) is 12.5 Å². The Morgan fingerprint density at radius 2 is 1.78 bits per heavy atom. The zero-order chi connectivity index (χ0) is 13.4. The first-order valence-corrected chi connectivity index (χ1v) is 6.53. The Morgan fingerprint density at radius 1 is 1.22 bits per heavy atom. The summed E-state index contributed by atoms with van der Waals surface area (Å²) in [5.74, 6) is 3.34. The van der Waals surface area contributed by atoms with E-state index in [1.807, 2.05) is 6.07 Å². The van der Waals surface area contributed by atoms with Crippen LogP contribution in [0, 0.1) is 11.5 Å². The van der Waals surface area contributed by atoms with Crippen molar-refractivity contribution in [1.82, 2.24) is 4.90 Å². The van der Waals surface area contributed by atoms with Crippen LogP contribution in [-0.4, -0.2) is 22.0 Å². The minimum atomic E-state index is -1.13. The monoisotopic (exact) mass is 281 g/mol. The van der Waals surface area contributed by atoms with Crippen LogP contribution in [0.15, 0.2) is 30.3 Å². The van der Waals surface area contributed by atoms with E-state index in [0.29, 0.717) is 0 Å². The SMILES string of the molecule is O=P#CN(C#P=O)[C@@H](Cc1ccccc1)C(=O)O. The molecule has 0 aliphatic heterocycles. The van der Waals surface area contributed by atoms with E-state index >= 15 is 0 Å². The molecule has 0 aliphatic rings. The van der Waals surface area contributed by atoms with Gasteiger partial charge < -0.3 is 0 Å². The van der Waals surface area contributed by atoms with Gasteiger partial charge in [0.2, 0.25) is 0 Å². The third kappa shape index (κ3) is 4.50. The summed E-state index contributed by atoms with van der Waals surface area (Å²) in [5, 5.41) is 9.13. The summed E-state index contributed by atoms with van der Waals surface area (Å²) in [7, 11) is -0.986. The molecular weight excluding hydrogens is 272 g/mol. The Labute approximate surface area is 106 Å². The molecule has 5 nitrogen and oxygen atoms in total. The molecular formula is C11H9NO4P2. The molecule has 92 valence electrons. The van der Waals surface area contributed by atoms with Gasteiger partial charge in [0, 0.05) is 0 Å². The number of hydrogen-bond donors (Lipinski definition) is 1. The average molecular weight is 281 g/mol. The van der Waals surface area contributed by atoms with E-state index in [4.69, 9.17) is 5.11 Å². The van der Waals surface area contributed by atoms with Crippen molar-refractivity contribution in [2.75, 3.05) is 0 Å². The molecule has 0 aliphatic carbocycles. The maximum atomic E-state index is 11.2. The molecule has 18 heavy (non-hydrogen) atoms. The van der Waals surface area contributed by atoms with Gasteiger partial charge in [-0.3, -0.25) is 0 Å². The Kier molecular flexibility index (Phi) is 6.46. The first kappa shape index (κ1) is 14.7.